The number of pyridine rings is 1. The van der Waals surface area contributed by atoms with Gasteiger partial charge in [0.05, 0.1) is 18.0 Å². The summed E-state index contributed by atoms with van der Waals surface area (Å²) < 4.78 is 37.5. The number of hydrogen-bond acceptors (Lipinski definition) is 4. The first-order chi connectivity index (χ1) is 8.41. The summed E-state index contributed by atoms with van der Waals surface area (Å²) in [6, 6.07) is 3.67. The van der Waals surface area contributed by atoms with Crippen LogP contribution in [0.25, 0.3) is 10.7 Å². The van der Waals surface area contributed by atoms with Gasteiger partial charge < -0.3 is 5.11 Å². The van der Waals surface area contributed by atoms with Crippen molar-refractivity contribution in [1.82, 2.24) is 9.97 Å². The molecule has 0 atom stereocenters. The zero-order valence-corrected chi connectivity index (χ0v) is 10.1. The lowest BCUT2D eigenvalue weighted by molar-refractivity contribution is -0.141. The standard InChI is InChI=1S/C11H9F3N2OS/c1-6-8(5-17)16-10(18-6)7-3-2-4-9(15-7)11(12,13)14/h2-4,17H,5H2,1H3. The van der Waals surface area contributed by atoms with Crippen LogP contribution in [0, 0.1) is 6.92 Å². The molecule has 7 heteroatoms. The molecule has 2 aromatic heterocycles. The van der Waals surface area contributed by atoms with E-state index in [4.69, 9.17) is 5.11 Å². The van der Waals surface area contributed by atoms with E-state index in [0.717, 1.165) is 10.9 Å². The number of halogens is 3. The smallest absolute Gasteiger partial charge is 0.390 e. The number of rotatable bonds is 2. The Balaban J connectivity index is 2.44. The predicted molar refractivity (Wildman–Crippen MR) is 61.0 cm³/mol. The predicted octanol–water partition coefficient (Wildman–Crippen LogP) is 3.02. The quantitative estimate of drug-likeness (QED) is 0.915. The van der Waals surface area contributed by atoms with Gasteiger partial charge in [-0.2, -0.15) is 13.2 Å². The molecule has 0 aliphatic rings. The molecule has 0 aliphatic carbocycles. The zero-order valence-electron chi connectivity index (χ0n) is 9.32. The molecule has 1 N–H and O–H groups in total. The van der Waals surface area contributed by atoms with E-state index in [1.165, 1.54) is 23.5 Å². The molecule has 0 aromatic carbocycles. The SMILES string of the molecule is Cc1sc(-c2cccc(C(F)(F)F)n2)nc1CO. The zero-order chi connectivity index (χ0) is 13.3. The fourth-order valence-electron chi connectivity index (χ4n) is 1.40. The van der Waals surface area contributed by atoms with Crippen LogP contribution in [-0.4, -0.2) is 15.1 Å². The van der Waals surface area contributed by atoms with Gasteiger partial charge in [0.2, 0.25) is 0 Å². The van der Waals surface area contributed by atoms with Crippen LogP contribution < -0.4 is 0 Å². The Bertz CT molecular complexity index is 566. The number of alkyl halides is 3. The van der Waals surface area contributed by atoms with Gasteiger partial charge in [-0.25, -0.2) is 9.97 Å². The summed E-state index contributed by atoms with van der Waals surface area (Å²) in [5, 5.41) is 9.38. The number of aliphatic hydroxyl groups excluding tert-OH is 1. The Morgan fingerprint density at radius 2 is 2.00 bits per heavy atom. The Labute approximate surface area is 105 Å². The van der Waals surface area contributed by atoms with Crippen molar-refractivity contribution in [1.29, 1.82) is 0 Å². The second-order valence-electron chi connectivity index (χ2n) is 3.59. The van der Waals surface area contributed by atoms with Crippen molar-refractivity contribution in [2.24, 2.45) is 0 Å². The molecule has 0 saturated heterocycles. The number of aliphatic hydroxyl groups is 1. The number of thiazole rings is 1. The fourth-order valence-corrected chi connectivity index (χ4v) is 2.29. The van der Waals surface area contributed by atoms with E-state index in [2.05, 4.69) is 9.97 Å². The molecule has 2 heterocycles. The number of hydrogen-bond donors (Lipinski definition) is 1. The van der Waals surface area contributed by atoms with E-state index in [0.29, 0.717) is 10.7 Å². The van der Waals surface area contributed by atoms with E-state index in [1.54, 1.807) is 6.92 Å². The lowest BCUT2D eigenvalue weighted by Gasteiger charge is -2.05. The Morgan fingerprint density at radius 1 is 1.28 bits per heavy atom. The van der Waals surface area contributed by atoms with Crippen LogP contribution in [0.4, 0.5) is 13.2 Å². The molecule has 0 aliphatic heterocycles. The summed E-state index contributed by atoms with van der Waals surface area (Å²) in [5.41, 5.74) is -0.315. The van der Waals surface area contributed by atoms with Crippen LogP contribution >= 0.6 is 11.3 Å². The van der Waals surface area contributed by atoms with Crippen LogP contribution in [-0.2, 0) is 12.8 Å². The van der Waals surface area contributed by atoms with E-state index >= 15 is 0 Å². The molecular weight excluding hydrogens is 265 g/mol. The van der Waals surface area contributed by atoms with Gasteiger partial charge in [0.1, 0.15) is 10.7 Å². The number of nitrogens with zero attached hydrogens (tertiary/aromatic N) is 2. The lowest BCUT2D eigenvalue weighted by Crippen LogP contribution is -2.07. The van der Waals surface area contributed by atoms with Crippen LogP contribution in [0.2, 0.25) is 0 Å². The van der Waals surface area contributed by atoms with E-state index in [9.17, 15) is 13.2 Å². The van der Waals surface area contributed by atoms with E-state index < -0.39 is 11.9 Å². The molecule has 0 bridgehead atoms. The maximum Gasteiger partial charge on any atom is 0.433 e. The van der Waals surface area contributed by atoms with Crippen molar-refractivity contribution in [3.05, 3.63) is 34.5 Å². The summed E-state index contributed by atoms with van der Waals surface area (Å²) in [4.78, 5) is 8.37. The molecule has 96 valence electrons. The minimum Gasteiger partial charge on any atom is -0.390 e. The van der Waals surface area contributed by atoms with Crippen LogP contribution in [0.5, 0.6) is 0 Å². The highest BCUT2D eigenvalue weighted by molar-refractivity contribution is 7.15. The molecule has 18 heavy (non-hydrogen) atoms. The van der Waals surface area contributed by atoms with Crippen molar-refractivity contribution in [2.45, 2.75) is 19.7 Å². The van der Waals surface area contributed by atoms with Gasteiger partial charge in [0.15, 0.2) is 0 Å². The van der Waals surface area contributed by atoms with Gasteiger partial charge >= 0.3 is 6.18 Å². The summed E-state index contributed by atoms with van der Waals surface area (Å²) in [6.45, 7) is 1.52. The van der Waals surface area contributed by atoms with Crippen LogP contribution in [0.15, 0.2) is 18.2 Å². The second-order valence-corrected chi connectivity index (χ2v) is 4.79. The monoisotopic (exact) mass is 274 g/mol. The first-order valence-electron chi connectivity index (χ1n) is 5.03. The van der Waals surface area contributed by atoms with Gasteiger partial charge in [0.25, 0.3) is 0 Å². The second kappa shape index (κ2) is 4.66. The van der Waals surface area contributed by atoms with Crippen LogP contribution in [0.3, 0.4) is 0 Å². The van der Waals surface area contributed by atoms with Gasteiger partial charge in [-0.05, 0) is 19.1 Å². The summed E-state index contributed by atoms with van der Waals surface area (Å²) >= 11 is 1.21. The third-order valence-corrected chi connectivity index (χ3v) is 3.34. The highest BCUT2D eigenvalue weighted by atomic mass is 32.1. The first-order valence-corrected chi connectivity index (χ1v) is 5.85. The van der Waals surface area contributed by atoms with Crippen molar-refractivity contribution in [3.63, 3.8) is 0 Å². The summed E-state index contributed by atoms with van der Waals surface area (Å²) in [7, 11) is 0. The van der Waals surface area contributed by atoms with Crippen molar-refractivity contribution in [3.8, 4) is 10.7 Å². The molecule has 2 rings (SSSR count). The van der Waals surface area contributed by atoms with Gasteiger partial charge in [-0.15, -0.1) is 11.3 Å². The topological polar surface area (TPSA) is 46.0 Å². The van der Waals surface area contributed by atoms with Crippen molar-refractivity contribution < 1.29 is 18.3 Å². The fraction of sp³-hybridized carbons (Fsp3) is 0.273. The van der Waals surface area contributed by atoms with Gasteiger partial charge in [-0.3, -0.25) is 0 Å². The molecule has 3 nitrogen and oxygen atoms in total. The third kappa shape index (κ3) is 2.51. The average Bonchev–Trinajstić information content (AvgIpc) is 2.70. The minimum absolute atomic E-state index is 0.164. The molecule has 0 radical (unpaired) electrons. The van der Waals surface area contributed by atoms with Crippen molar-refractivity contribution >= 4 is 11.3 Å². The third-order valence-electron chi connectivity index (χ3n) is 2.30. The Hall–Kier alpha value is -1.47. The summed E-state index contributed by atoms with van der Waals surface area (Å²) in [5.74, 6) is 0. The van der Waals surface area contributed by atoms with Gasteiger partial charge in [-0.1, -0.05) is 6.07 Å². The Morgan fingerprint density at radius 3 is 2.56 bits per heavy atom. The minimum atomic E-state index is -4.47. The molecule has 2 aromatic rings. The number of aromatic nitrogens is 2. The molecular formula is C11H9F3N2OS. The maximum absolute atomic E-state index is 12.5. The van der Waals surface area contributed by atoms with Crippen molar-refractivity contribution in [2.75, 3.05) is 0 Å². The largest absolute Gasteiger partial charge is 0.433 e. The van der Waals surface area contributed by atoms with E-state index in [-0.39, 0.29) is 12.3 Å². The molecule has 0 fully saturated rings. The molecule has 0 amide bonds. The normalized spacial score (nSPS) is 11.8. The summed E-state index contributed by atoms with van der Waals surface area (Å²) in [6.07, 6.45) is -4.47. The Kier molecular flexibility index (Phi) is 3.36. The average molecular weight is 274 g/mol. The van der Waals surface area contributed by atoms with Crippen LogP contribution in [0.1, 0.15) is 16.3 Å². The molecule has 0 spiro atoms. The molecule has 0 saturated carbocycles. The lowest BCUT2D eigenvalue weighted by atomic mass is 10.3. The van der Waals surface area contributed by atoms with E-state index in [1.807, 2.05) is 0 Å². The first kappa shape index (κ1) is 13.0. The molecule has 0 unspecified atom stereocenters. The highest BCUT2D eigenvalue weighted by Gasteiger charge is 2.32. The highest BCUT2D eigenvalue weighted by Crippen LogP contribution is 2.31. The van der Waals surface area contributed by atoms with Gasteiger partial charge in [0, 0.05) is 4.88 Å². The maximum atomic E-state index is 12.5. The number of aryl methyl sites for hydroxylation is 1.